The molecule has 9 nitrogen and oxygen atoms in total. The summed E-state index contributed by atoms with van der Waals surface area (Å²) in [6, 6.07) is 11.3. The van der Waals surface area contributed by atoms with Gasteiger partial charge in [0.05, 0.1) is 19.4 Å². The van der Waals surface area contributed by atoms with Gasteiger partial charge in [0.25, 0.3) is 11.1 Å². The van der Waals surface area contributed by atoms with E-state index in [1.165, 1.54) is 19.2 Å². The highest BCUT2D eigenvalue weighted by atomic mass is 32.2. The lowest BCUT2D eigenvalue weighted by molar-refractivity contribution is -0.274. The average molecular weight is 482 g/mol. The number of hydrogen-bond donors (Lipinski definition) is 2. The Kier molecular flexibility index (Phi) is 7.77. The van der Waals surface area contributed by atoms with E-state index in [0.29, 0.717) is 17.0 Å². The van der Waals surface area contributed by atoms with Crippen LogP contribution in [0.5, 0.6) is 11.5 Å². The number of anilines is 1. The zero-order valence-corrected chi connectivity index (χ0v) is 17.8. The number of nitrogens with zero attached hydrogens (tertiary/aromatic N) is 2. The van der Waals surface area contributed by atoms with Crippen LogP contribution in [0.2, 0.25) is 0 Å². The highest BCUT2D eigenvalue weighted by Gasteiger charge is 2.31. The van der Waals surface area contributed by atoms with E-state index in [1.54, 1.807) is 24.3 Å². The van der Waals surface area contributed by atoms with Crippen molar-refractivity contribution in [1.82, 2.24) is 15.5 Å². The highest BCUT2D eigenvalue weighted by Crippen LogP contribution is 2.24. The van der Waals surface area contributed by atoms with Crippen LogP contribution in [0.4, 0.5) is 18.9 Å². The third kappa shape index (κ3) is 7.71. The molecule has 0 unspecified atom stereocenters. The fourth-order valence-corrected chi connectivity index (χ4v) is 3.01. The van der Waals surface area contributed by atoms with Gasteiger partial charge in [-0.2, -0.15) is 0 Å². The molecule has 0 radical (unpaired) electrons. The minimum Gasteiger partial charge on any atom is -0.497 e. The molecule has 0 aliphatic carbocycles. The van der Waals surface area contributed by atoms with E-state index in [-0.39, 0.29) is 29.3 Å². The Hall–Kier alpha value is -3.74. The van der Waals surface area contributed by atoms with Crippen molar-refractivity contribution >= 4 is 29.3 Å². The van der Waals surface area contributed by atoms with Crippen molar-refractivity contribution in [1.29, 1.82) is 0 Å². The predicted octanol–water partition coefficient (Wildman–Crippen LogP) is 3.64. The van der Waals surface area contributed by atoms with Gasteiger partial charge in [-0.15, -0.1) is 23.4 Å². The van der Waals surface area contributed by atoms with Gasteiger partial charge in [0.2, 0.25) is 11.8 Å². The van der Waals surface area contributed by atoms with E-state index in [4.69, 9.17) is 9.15 Å². The van der Waals surface area contributed by atoms with Crippen molar-refractivity contribution < 1.29 is 36.7 Å². The average Bonchev–Trinajstić information content (AvgIpc) is 3.24. The second kappa shape index (κ2) is 10.7. The van der Waals surface area contributed by atoms with Gasteiger partial charge in [0.15, 0.2) is 0 Å². The number of nitrogens with one attached hydrogen (secondary N) is 2. The number of benzene rings is 2. The topological polar surface area (TPSA) is 116 Å². The molecule has 0 saturated carbocycles. The molecule has 0 saturated heterocycles. The Balaban J connectivity index is 1.42. The standard InChI is InChI=1S/C20H17F3N4O5S/c1-30-14-6-2-12(3-7-14)18(29)24-10-17-26-27-19(31-17)33-11-16(28)25-13-4-8-15(9-5-13)32-20(21,22)23/h2-9H,10-11H2,1H3,(H,24,29)(H,25,28). The third-order valence-electron chi connectivity index (χ3n) is 3.90. The molecule has 0 spiro atoms. The predicted molar refractivity (Wildman–Crippen MR) is 111 cm³/mol. The first-order valence-corrected chi connectivity index (χ1v) is 10.2. The zero-order valence-electron chi connectivity index (χ0n) is 17.0. The highest BCUT2D eigenvalue weighted by molar-refractivity contribution is 7.99. The summed E-state index contributed by atoms with van der Waals surface area (Å²) in [5, 5.41) is 12.9. The van der Waals surface area contributed by atoms with Crippen molar-refractivity contribution in [2.45, 2.75) is 18.1 Å². The van der Waals surface area contributed by atoms with Crippen LogP contribution in [0.1, 0.15) is 16.2 Å². The van der Waals surface area contributed by atoms with Gasteiger partial charge in [-0.25, -0.2) is 0 Å². The number of aromatic nitrogens is 2. The normalized spacial score (nSPS) is 11.0. The van der Waals surface area contributed by atoms with Crippen molar-refractivity contribution in [3.63, 3.8) is 0 Å². The Morgan fingerprint density at radius 3 is 2.33 bits per heavy atom. The Morgan fingerprint density at radius 2 is 1.70 bits per heavy atom. The third-order valence-corrected chi connectivity index (χ3v) is 4.72. The summed E-state index contributed by atoms with van der Waals surface area (Å²) in [5.74, 6) is -0.470. The smallest absolute Gasteiger partial charge is 0.497 e. The van der Waals surface area contributed by atoms with E-state index in [9.17, 15) is 22.8 Å². The van der Waals surface area contributed by atoms with Gasteiger partial charge < -0.3 is 24.5 Å². The number of methoxy groups -OCH3 is 1. The first kappa shape index (κ1) is 23.9. The van der Waals surface area contributed by atoms with E-state index in [0.717, 1.165) is 23.9 Å². The fourth-order valence-electron chi connectivity index (χ4n) is 2.43. The molecule has 0 aliphatic rings. The monoisotopic (exact) mass is 482 g/mol. The van der Waals surface area contributed by atoms with E-state index in [2.05, 4.69) is 25.6 Å². The summed E-state index contributed by atoms with van der Waals surface area (Å²) < 4.78 is 50.7. The quantitative estimate of drug-likeness (QED) is 0.444. The van der Waals surface area contributed by atoms with Crippen LogP contribution >= 0.6 is 11.8 Å². The maximum atomic E-state index is 12.2. The largest absolute Gasteiger partial charge is 0.573 e. The second-order valence-corrected chi connectivity index (χ2v) is 7.21. The number of carbonyl (C=O) groups excluding carboxylic acids is 2. The van der Waals surface area contributed by atoms with Crippen molar-refractivity contribution in [3.8, 4) is 11.5 Å². The van der Waals surface area contributed by atoms with Gasteiger partial charge in [-0.1, -0.05) is 11.8 Å². The molecule has 0 bridgehead atoms. The molecule has 0 atom stereocenters. The number of hydrogen-bond acceptors (Lipinski definition) is 8. The molecule has 2 amide bonds. The molecule has 1 heterocycles. The van der Waals surface area contributed by atoms with Gasteiger partial charge in [0.1, 0.15) is 11.5 Å². The molecule has 174 valence electrons. The Bertz CT molecular complexity index is 1090. The van der Waals surface area contributed by atoms with Gasteiger partial charge in [-0.05, 0) is 48.5 Å². The summed E-state index contributed by atoms with van der Waals surface area (Å²) in [6.45, 7) is -0.00301. The zero-order chi connectivity index (χ0) is 23.8. The number of amides is 2. The number of carbonyl (C=O) groups is 2. The van der Waals surface area contributed by atoms with Crippen LogP contribution in [0.25, 0.3) is 0 Å². The Morgan fingerprint density at radius 1 is 1.03 bits per heavy atom. The van der Waals surface area contributed by atoms with Gasteiger partial charge in [0, 0.05) is 11.3 Å². The minimum absolute atomic E-state index is 0.00301. The molecule has 13 heteroatoms. The summed E-state index contributed by atoms with van der Waals surface area (Å²) in [7, 11) is 1.53. The van der Waals surface area contributed by atoms with Gasteiger partial charge in [-0.3, -0.25) is 9.59 Å². The van der Waals surface area contributed by atoms with Crippen LogP contribution in [-0.4, -0.2) is 41.2 Å². The molecular formula is C20H17F3N4O5S. The molecular weight excluding hydrogens is 465 g/mol. The molecule has 1 aromatic heterocycles. The number of thioether (sulfide) groups is 1. The van der Waals surface area contributed by atoms with Crippen LogP contribution in [0.3, 0.4) is 0 Å². The lowest BCUT2D eigenvalue weighted by Gasteiger charge is -2.09. The summed E-state index contributed by atoms with van der Waals surface area (Å²) in [6.07, 6.45) is -4.79. The number of rotatable bonds is 9. The fraction of sp³-hybridized carbons (Fsp3) is 0.200. The molecule has 2 aromatic carbocycles. The van der Waals surface area contributed by atoms with Crippen molar-refractivity contribution in [3.05, 3.63) is 60.0 Å². The van der Waals surface area contributed by atoms with Gasteiger partial charge >= 0.3 is 6.36 Å². The second-order valence-electron chi connectivity index (χ2n) is 6.28. The number of ether oxygens (including phenoxy) is 2. The first-order valence-electron chi connectivity index (χ1n) is 9.25. The van der Waals surface area contributed by atoms with E-state index < -0.39 is 18.0 Å². The van der Waals surface area contributed by atoms with Crippen LogP contribution in [-0.2, 0) is 11.3 Å². The number of halogens is 3. The lowest BCUT2D eigenvalue weighted by atomic mass is 10.2. The lowest BCUT2D eigenvalue weighted by Crippen LogP contribution is -2.22. The molecule has 3 aromatic rings. The van der Waals surface area contributed by atoms with E-state index in [1.807, 2.05) is 0 Å². The summed E-state index contributed by atoms with van der Waals surface area (Å²) >= 11 is 0.962. The van der Waals surface area contributed by atoms with E-state index >= 15 is 0 Å². The summed E-state index contributed by atoms with van der Waals surface area (Å²) in [4.78, 5) is 24.2. The van der Waals surface area contributed by atoms with Crippen LogP contribution in [0.15, 0.2) is 58.2 Å². The maximum absolute atomic E-state index is 12.2. The molecule has 0 fully saturated rings. The maximum Gasteiger partial charge on any atom is 0.573 e. The van der Waals surface area contributed by atoms with Crippen molar-refractivity contribution in [2.75, 3.05) is 18.2 Å². The molecule has 2 N–H and O–H groups in total. The van der Waals surface area contributed by atoms with Crippen molar-refractivity contribution in [2.24, 2.45) is 0 Å². The minimum atomic E-state index is -4.79. The Labute approximate surface area is 189 Å². The molecule has 3 rings (SSSR count). The summed E-state index contributed by atoms with van der Waals surface area (Å²) in [5.41, 5.74) is 0.724. The SMILES string of the molecule is COc1ccc(C(=O)NCc2nnc(SCC(=O)Nc3ccc(OC(F)(F)F)cc3)o2)cc1. The molecule has 33 heavy (non-hydrogen) atoms. The molecule has 0 aliphatic heterocycles. The van der Waals surface area contributed by atoms with Crippen LogP contribution < -0.4 is 20.1 Å². The van der Waals surface area contributed by atoms with Crippen LogP contribution in [0, 0.1) is 0 Å². The first-order chi connectivity index (χ1) is 15.7. The number of alkyl halides is 3.